The molecule has 0 bridgehead atoms. The number of ether oxygens (including phenoxy) is 2. The molecule has 0 aromatic heterocycles. The summed E-state index contributed by atoms with van der Waals surface area (Å²) >= 11 is 0. The van der Waals surface area contributed by atoms with Gasteiger partial charge in [-0.15, -0.1) is 0 Å². The van der Waals surface area contributed by atoms with Gasteiger partial charge in [0.05, 0.1) is 30.0 Å². The fourth-order valence-electron chi connectivity index (χ4n) is 10.3. The lowest BCUT2D eigenvalue weighted by atomic mass is 9.39. The first-order chi connectivity index (χ1) is 21.6. The van der Waals surface area contributed by atoms with E-state index in [1.54, 1.807) is 20.8 Å². The van der Waals surface area contributed by atoms with Gasteiger partial charge in [0.1, 0.15) is 30.2 Å². The Kier molecular flexibility index (Phi) is 9.29. The van der Waals surface area contributed by atoms with Crippen LogP contribution in [0.3, 0.4) is 0 Å². The maximum atomic E-state index is 14.5. The van der Waals surface area contributed by atoms with E-state index in [0.717, 1.165) is 5.57 Å². The van der Waals surface area contributed by atoms with Crippen molar-refractivity contribution in [1.82, 2.24) is 0 Å². The van der Waals surface area contributed by atoms with Crippen molar-refractivity contribution in [2.75, 3.05) is 6.61 Å². The van der Waals surface area contributed by atoms with Gasteiger partial charge in [-0.3, -0.25) is 9.59 Å². The standard InChI is InChI=1S/C35H54O12/c1-16-17-8-9-22-32(4)13-20(38)29(35(7,45)23(39)10-11-31(2,3)44)33(32,5)14-24(40)34(22,6)18(17)12-19(37)28(16)47-30-27(43)26(42)25(41)21(15-36)46-30/h8,18,20-23,25-27,29-30,36,38-39,41-45H,9-15H2,1-7H3/t18-,20-,21-,22+,23?,25-,26+,27-,29?,30?,32+,33-,34+,35+/m1/s1. The van der Waals surface area contributed by atoms with Gasteiger partial charge >= 0.3 is 0 Å². The molecule has 4 aliphatic carbocycles. The third-order valence-corrected chi connectivity index (χ3v) is 13.1. The van der Waals surface area contributed by atoms with Crippen molar-refractivity contribution in [2.24, 2.45) is 34.0 Å². The van der Waals surface area contributed by atoms with Gasteiger partial charge in [0, 0.05) is 30.1 Å². The Morgan fingerprint density at radius 3 is 2.26 bits per heavy atom. The molecular formula is C35H54O12. The molecule has 8 N–H and O–H groups in total. The number of fused-ring (bicyclic) bond motifs is 5. The van der Waals surface area contributed by atoms with Gasteiger partial charge in [0.25, 0.3) is 0 Å². The SMILES string of the molecule is CC1=C(OC2O[C@H](CO)[C@@H](O)[C@H](O)[C@H]2O)C(=O)C[C@@H]2C1=CC[C@@H]1[C@@]2(C)C(=O)C[C@]2(C)C([C@@](C)(O)C(O)CCC(C)(C)O)[C@H](O)C[C@@]12C. The van der Waals surface area contributed by atoms with Gasteiger partial charge < -0.3 is 50.3 Å². The topological polar surface area (TPSA) is 214 Å². The number of carbonyl (C=O) groups is 2. The highest BCUT2D eigenvalue weighted by Gasteiger charge is 2.74. The Hall–Kier alpha value is -1.74. The van der Waals surface area contributed by atoms with E-state index in [9.17, 15) is 50.4 Å². The molecule has 0 amide bonds. The first-order valence-corrected chi connectivity index (χ1v) is 16.8. The van der Waals surface area contributed by atoms with Gasteiger partial charge in [-0.2, -0.15) is 0 Å². The van der Waals surface area contributed by atoms with Crippen molar-refractivity contribution in [3.8, 4) is 0 Å². The third kappa shape index (κ3) is 5.47. The molecule has 12 nitrogen and oxygen atoms in total. The number of Topliss-reactive ketones (excluding diaryl/α,β-unsaturated/α-hetero) is 2. The summed E-state index contributed by atoms with van der Waals surface area (Å²) in [7, 11) is 0. The number of hydrogen-bond donors (Lipinski definition) is 8. The largest absolute Gasteiger partial charge is 0.458 e. The molecule has 14 atom stereocenters. The second-order valence-electron chi connectivity index (χ2n) is 16.5. The summed E-state index contributed by atoms with van der Waals surface area (Å²) in [6, 6.07) is 0. The first-order valence-electron chi connectivity index (χ1n) is 16.8. The minimum atomic E-state index is -1.75. The smallest absolute Gasteiger partial charge is 0.229 e. The normalized spacial score (nSPS) is 45.9. The molecule has 5 aliphatic rings. The monoisotopic (exact) mass is 666 g/mol. The number of carbonyl (C=O) groups excluding carboxylic acids is 2. The second kappa shape index (κ2) is 11.9. The summed E-state index contributed by atoms with van der Waals surface area (Å²) < 4.78 is 11.3. The molecule has 3 unspecified atom stereocenters. The van der Waals surface area contributed by atoms with Crippen LogP contribution >= 0.6 is 0 Å². The van der Waals surface area contributed by atoms with E-state index in [0.29, 0.717) is 18.4 Å². The summed E-state index contributed by atoms with van der Waals surface area (Å²) in [6.07, 6.45) is -6.89. The van der Waals surface area contributed by atoms with Gasteiger partial charge in [-0.1, -0.05) is 26.8 Å². The summed E-state index contributed by atoms with van der Waals surface area (Å²) in [5.74, 6) is -2.21. The van der Waals surface area contributed by atoms with Crippen LogP contribution in [0.15, 0.2) is 23.0 Å². The van der Waals surface area contributed by atoms with Gasteiger partial charge in [-0.25, -0.2) is 0 Å². The second-order valence-corrected chi connectivity index (χ2v) is 16.5. The first kappa shape index (κ1) is 36.5. The molecule has 0 radical (unpaired) electrons. The average Bonchev–Trinajstić information content (AvgIpc) is 3.18. The average molecular weight is 667 g/mol. The number of ketones is 2. The van der Waals surface area contributed by atoms with E-state index < -0.39 is 94.6 Å². The van der Waals surface area contributed by atoms with Crippen LogP contribution in [0.1, 0.15) is 87.0 Å². The van der Waals surface area contributed by atoms with Crippen LogP contribution in [0.5, 0.6) is 0 Å². The predicted molar refractivity (Wildman–Crippen MR) is 167 cm³/mol. The number of rotatable bonds is 8. The fourth-order valence-corrected chi connectivity index (χ4v) is 10.3. The zero-order valence-electron chi connectivity index (χ0n) is 28.5. The van der Waals surface area contributed by atoms with Gasteiger partial charge in [0.15, 0.2) is 11.5 Å². The number of aliphatic hydroxyl groups excluding tert-OH is 6. The van der Waals surface area contributed by atoms with E-state index in [2.05, 4.69) is 0 Å². The highest BCUT2D eigenvalue weighted by atomic mass is 16.7. The van der Waals surface area contributed by atoms with Crippen LogP contribution in [0.2, 0.25) is 0 Å². The van der Waals surface area contributed by atoms with E-state index >= 15 is 0 Å². The van der Waals surface area contributed by atoms with E-state index in [-0.39, 0.29) is 43.1 Å². The van der Waals surface area contributed by atoms with E-state index in [1.807, 2.05) is 26.8 Å². The zero-order valence-corrected chi connectivity index (χ0v) is 28.5. The molecule has 0 spiro atoms. The van der Waals surface area contributed by atoms with Crippen molar-refractivity contribution in [3.05, 3.63) is 23.0 Å². The van der Waals surface area contributed by atoms with E-state index in [1.165, 1.54) is 6.92 Å². The maximum absolute atomic E-state index is 14.5. The van der Waals surface area contributed by atoms with Crippen molar-refractivity contribution < 1.29 is 59.9 Å². The predicted octanol–water partition coefficient (Wildman–Crippen LogP) is 0.648. The zero-order chi connectivity index (χ0) is 35.2. The molecule has 5 rings (SSSR count). The Morgan fingerprint density at radius 2 is 1.66 bits per heavy atom. The van der Waals surface area contributed by atoms with Gasteiger partial charge in [-0.05, 0) is 81.3 Å². The number of hydrogen-bond acceptors (Lipinski definition) is 12. The lowest BCUT2D eigenvalue weighted by molar-refractivity contribution is -0.291. The number of aliphatic hydroxyl groups is 8. The molecule has 1 aliphatic heterocycles. The van der Waals surface area contributed by atoms with Crippen molar-refractivity contribution >= 4 is 11.6 Å². The lowest BCUT2D eigenvalue weighted by Crippen LogP contribution is -2.64. The summed E-state index contributed by atoms with van der Waals surface area (Å²) in [4.78, 5) is 28.3. The Labute approximate surface area is 276 Å². The lowest BCUT2D eigenvalue weighted by Gasteiger charge is -2.63. The summed E-state index contributed by atoms with van der Waals surface area (Å²) in [6.45, 7) is 11.7. The van der Waals surface area contributed by atoms with Crippen LogP contribution in [0, 0.1) is 34.0 Å². The molecular weight excluding hydrogens is 612 g/mol. The highest BCUT2D eigenvalue weighted by molar-refractivity contribution is 5.99. The molecule has 12 heteroatoms. The van der Waals surface area contributed by atoms with Crippen LogP contribution in [-0.2, 0) is 19.1 Å². The number of allylic oxidation sites excluding steroid dienone is 4. The van der Waals surface area contributed by atoms with Crippen LogP contribution < -0.4 is 0 Å². The molecule has 1 saturated heterocycles. The summed E-state index contributed by atoms with van der Waals surface area (Å²) in [5.41, 5.74) is -4.12. The Morgan fingerprint density at radius 1 is 1.02 bits per heavy atom. The summed E-state index contributed by atoms with van der Waals surface area (Å²) in [5, 5.41) is 85.4. The quantitative estimate of drug-likeness (QED) is 0.179. The molecule has 0 aromatic rings. The van der Waals surface area contributed by atoms with Crippen LogP contribution in [0.4, 0.5) is 0 Å². The van der Waals surface area contributed by atoms with Crippen LogP contribution in [-0.4, -0.2) is 113 Å². The van der Waals surface area contributed by atoms with E-state index in [4.69, 9.17) is 9.47 Å². The van der Waals surface area contributed by atoms with Crippen molar-refractivity contribution in [3.63, 3.8) is 0 Å². The molecule has 2 saturated carbocycles. The maximum Gasteiger partial charge on any atom is 0.229 e. The Balaban J connectivity index is 1.47. The minimum absolute atomic E-state index is 0.0293. The molecule has 0 aromatic carbocycles. The van der Waals surface area contributed by atoms with Crippen molar-refractivity contribution in [2.45, 2.75) is 141 Å². The van der Waals surface area contributed by atoms with Gasteiger partial charge in [0.2, 0.25) is 6.29 Å². The molecule has 266 valence electrons. The van der Waals surface area contributed by atoms with Crippen LogP contribution in [0.25, 0.3) is 0 Å². The Bertz CT molecular complexity index is 1330. The highest BCUT2D eigenvalue weighted by Crippen LogP contribution is 2.73. The fraction of sp³-hybridized carbons (Fsp3) is 0.829. The molecule has 3 fully saturated rings. The third-order valence-electron chi connectivity index (χ3n) is 13.1. The molecule has 1 heterocycles. The minimum Gasteiger partial charge on any atom is -0.458 e. The van der Waals surface area contributed by atoms with Crippen molar-refractivity contribution in [1.29, 1.82) is 0 Å². The molecule has 47 heavy (non-hydrogen) atoms.